The van der Waals surface area contributed by atoms with E-state index >= 15 is 0 Å². The van der Waals surface area contributed by atoms with Crippen molar-refractivity contribution in [3.05, 3.63) is 28.3 Å². The molecule has 2 nitrogen and oxygen atoms in total. The Bertz CT molecular complexity index is 290. The Morgan fingerprint density at radius 2 is 1.54 bits per heavy atom. The molecule has 0 unspecified atom stereocenters. The molecule has 0 radical (unpaired) electrons. The molecular weight excluding hydrogens is 160 g/mol. The van der Waals surface area contributed by atoms with Gasteiger partial charge in [-0.2, -0.15) is 0 Å². The topological polar surface area (TPSA) is 38.0 Å². The Morgan fingerprint density at radius 3 is 1.92 bits per heavy atom. The molecule has 1 aromatic carbocycles. The molecule has 1 aromatic rings. The minimum Gasteiger partial charge on any atom is -0.372 e. The summed E-state index contributed by atoms with van der Waals surface area (Å²) in [6.45, 7) is 9.00. The molecule has 0 bridgehead atoms. The fraction of sp³-hybridized carbons (Fsp3) is 0.455. The van der Waals surface area contributed by atoms with Crippen molar-refractivity contribution in [1.82, 2.24) is 0 Å². The van der Waals surface area contributed by atoms with Crippen LogP contribution in [0.25, 0.3) is 0 Å². The third kappa shape index (κ3) is 1.83. The van der Waals surface area contributed by atoms with Crippen molar-refractivity contribution in [2.24, 2.45) is 5.73 Å². The molecular formula is C11H18N2. The molecule has 0 aliphatic carbocycles. The van der Waals surface area contributed by atoms with Crippen molar-refractivity contribution >= 4 is 5.69 Å². The Balaban J connectivity index is 3.28. The van der Waals surface area contributed by atoms with Gasteiger partial charge in [-0.15, -0.1) is 0 Å². The van der Waals surface area contributed by atoms with Gasteiger partial charge in [0, 0.05) is 5.69 Å². The molecule has 0 fully saturated rings. The highest BCUT2D eigenvalue weighted by atomic mass is 15.0. The van der Waals surface area contributed by atoms with E-state index in [2.05, 4.69) is 39.1 Å². The quantitative estimate of drug-likeness (QED) is 0.682. The largest absolute Gasteiger partial charge is 0.372 e. The molecule has 1 rings (SSSR count). The fourth-order valence-corrected chi connectivity index (χ4v) is 1.58. The van der Waals surface area contributed by atoms with E-state index in [1.54, 1.807) is 0 Å². The van der Waals surface area contributed by atoms with Crippen LogP contribution in [0.4, 0.5) is 5.69 Å². The second-order valence-corrected chi connectivity index (χ2v) is 3.52. The molecule has 0 aliphatic heterocycles. The molecule has 0 saturated heterocycles. The van der Waals surface area contributed by atoms with Gasteiger partial charge in [0.25, 0.3) is 0 Å². The van der Waals surface area contributed by atoms with Crippen LogP contribution < -0.4 is 11.1 Å². The van der Waals surface area contributed by atoms with E-state index < -0.39 is 0 Å². The maximum Gasteiger partial charge on any atom is 0.0628 e. The van der Waals surface area contributed by atoms with Gasteiger partial charge in [-0.25, -0.2) is 0 Å². The predicted octanol–water partition coefficient (Wildman–Crippen LogP) is 2.25. The average molecular weight is 178 g/mol. The summed E-state index contributed by atoms with van der Waals surface area (Å²) >= 11 is 0. The normalized spacial score (nSPS) is 10.2. The van der Waals surface area contributed by atoms with Crippen LogP contribution in [0.3, 0.4) is 0 Å². The minimum atomic E-state index is 0.491. The standard InChI is InChI=1S/C11H18N2/c1-7-5-8(2)10(4)11(9(7)3)13-6-12/h5,13H,6,12H2,1-4H3. The van der Waals surface area contributed by atoms with E-state index in [9.17, 15) is 0 Å². The lowest BCUT2D eigenvalue weighted by Gasteiger charge is -2.15. The zero-order chi connectivity index (χ0) is 10.0. The Hall–Kier alpha value is -1.02. The van der Waals surface area contributed by atoms with Gasteiger partial charge in [0.15, 0.2) is 0 Å². The van der Waals surface area contributed by atoms with Gasteiger partial charge < -0.3 is 11.1 Å². The van der Waals surface area contributed by atoms with Crippen LogP contribution in [0.15, 0.2) is 6.07 Å². The van der Waals surface area contributed by atoms with Crippen LogP contribution in [0.2, 0.25) is 0 Å². The first-order chi connectivity index (χ1) is 6.07. The number of rotatable bonds is 2. The molecule has 0 spiro atoms. The van der Waals surface area contributed by atoms with Crippen molar-refractivity contribution in [2.75, 3.05) is 12.0 Å². The predicted molar refractivity (Wildman–Crippen MR) is 58.1 cm³/mol. The maximum absolute atomic E-state index is 5.49. The highest BCUT2D eigenvalue weighted by Crippen LogP contribution is 2.25. The monoisotopic (exact) mass is 178 g/mol. The van der Waals surface area contributed by atoms with Crippen molar-refractivity contribution < 1.29 is 0 Å². The van der Waals surface area contributed by atoms with E-state index in [0.29, 0.717) is 6.67 Å². The Kier molecular flexibility index (Phi) is 2.94. The van der Waals surface area contributed by atoms with Crippen molar-refractivity contribution in [3.8, 4) is 0 Å². The fourth-order valence-electron chi connectivity index (χ4n) is 1.58. The number of hydrogen-bond acceptors (Lipinski definition) is 2. The van der Waals surface area contributed by atoms with Crippen molar-refractivity contribution in [1.29, 1.82) is 0 Å². The number of aryl methyl sites for hydroxylation is 2. The first kappa shape index (κ1) is 10.1. The van der Waals surface area contributed by atoms with Crippen LogP contribution in [-0.4, -0.2) is 6.67 Å². The highest BCUT2D eigenvalue weighted by molar-refractivity contribution is 5.61. The van der Waals surface area contributed by atoms with E-state index in [1.807, 2.05) is 0 Å². The van der Waals surface area contributed by atoms with Crippen molar-refractivity contribution in [3.63, 3.8) is 0 Å². The summed E-state index contributed by atoms with van der Waals surface area (Å²) in [4.78, 5) is 0. The number of benzene rings is 1. The highest BCUT2D eigenvalue weighted by Gasteiger charge is 2.06. The molecule has 13 heavy (non-hydrogen) atoms. The lowest BCUT2D eigenvalue weighted by molar-refractivity contribution is 1.11. The molecule has 3 N–H and O–H groups in total. The van der Waals surface area contributed by atoms with Crippen LogP contribution in [-0.2, 0) is 0 Å². The maximum atomic E-state index is 5.49. The summed E-state index contributed by atoms with van der Waals surface area (Å²) in [6.07, 6.45) is 0. The third-order valence-electron chi connectivity index (χ3n) is 2.64. The smallest absolute Gasteiger partial charge is 0.0628 e. The van der Waals surface area contributed by atoms with Crippen molar-refractivity contribution in [2.45, 2.75) is 27.7 Å². The summed E-state index contributed by atoms with van der Waals surface area (Å²) in [5.74, 6) is 0. The Labute approximate surface area is 80.1 Å². The molecule has 72 valence electrons. The van der Waals surface area contributed by atoms with E-state index in [0.717, 1.165) is 0 Å². The minimum absolute atomic E-state index is 0.491. The first-order valence-electron chi connectivity index (χ1n) is 4.59. The average Bonchev–Trinajstić information content (AvgIpc) is 2.09. The van der Waals surface area contributed by atoms with Gasteiger partial charge >= 0.3 is 0 Å². The van der Waals surface area contributed by atoms with E-state index in [-0.39, 0.29) is 0 Å². The van der Waals surface area contributed by atoms with E-state index in [1.165, 1.54) is 27.9 Å². The molecule has 0 atom stereocenters. The van der Waals surface area contributed by atoms with Gasteiger partial charge in [0.05, 0.1) is 6.67 Å². The zero-order valence-corrected chi connectivity index (χ0v) is 8.86. The molecule has 0 heterocycles. The van der Waals surface area contributed by atoms with Crippen LogP contribution >= 0.6 is 0 Å². The van der Waals surface area contributed by atoms with Gasteiger partial charge in [-0.05, 0) is 49.9 Å². The molecule has 0 aliphatic rings. The van der Waals surface area contributed by atoms with Gasteiger partial charge in [-0.3, -0.25) is 0 Å². The SMILES string of the molecule is Cc1cc(C)c(C)c(NCN)c1C. The van der Waals surface area contributed by atoms with Crippen LogP contribution in [0.1, 0.15) is 22.3 Å². The molecule has 0 amide bonds. The summed E-state index contributed by atoms with van der Waals surface area (Å²) in [5, 5.41) is 3.20. The molecule has 0 aromatic heterocycles. The van der Waals surface area contributed by atoms with E-state index in [4.69, 9.17) is 5.73 Å². The number of hydrogen-bond donors (Lipinski definition) is 2. The summed E-state index contributed by atoms with van der Waals surface area (Å²) in [5.41, 5.74) is 11.9. The summed E-state index contributed by atoms with van der Waals surface area (Å²) in [7, 11) is 0. The number of anilines is 1. The number of nitrogens with one attached hydrogen (secondary N) is 1. The second kappa shape index (κ2) is 3.79. The lowest BCUT2D eigenvalue weighted by Crippen LogP contribution is -2.13. The van der Waals surface area contributed by atoms with Gasteiger partial charge in [0.1, 0.15) is 0 Å². The Morgan fingerprint density at radius 1 is 1.08 bits per heavy atom. The van der Waals surface area contributed by atoms with Gasteiger partial charge in [0.2, 0.25) is 0 Å². The summed E-state index contributed by atoms with van der Waals surface area (Å²) in [6, 6.07) is 2.21. The van der Waals surface area contributed by atoms with Gasteiger partial charge in [-0.1, -0.05) is 6.07 Å². The first-order valence-corrected chi connectivity index (χ1v) is 4.59. The molecule has 2 heteroatoms. The third-order valence-corrected chi connectivity index (χ3v) is 2.64. The van der Waals surface area contributed by atoms with Crippen LogP contribution in [0.5, 0.6) is 0 Å². The van der Waals surface area contributed by atoms with Crippen LogP contribution in [0, 0.1) is 27.7 Å². The second-order valence-electron chi connectivity index (χ2n) is 3.52. The lowest BCUT2D eigenvalue weighted by atomic mass is 9.99. The number of nitrogens with two attached hydrogens (primary N) is 1. The molecule has 0 saturated carbocycles. The summed E-state index contributed by atoms with van der Waals surface area (Å²) < 4.78 is 0. The zero-order valence-electron chi connectivity index (χ0n) is 8.86.